The van der Waals surface area contributed by atoms with Gasteiger partial charge in [0.05, 0.1) is 11.6 Å². The fourth-order valence-corrected chi connectivity index (χ4v) is 4.87. The van der Waals surface area contributed by atoms with E-state index < -0.39 is 10.0 Å². The Kier molecular flexibility index (Phi) is 6.66. The molecule has 1 aliphatic rings. The molecule has 5 rings (SSSR count). The first kappa shape index (κ1) is 24.5. The molecule has 37 heavy (non-hydrogen) atoms. The molecule has 0 atom stereocenters. The number of carbonyl (C=O) groups is 1. The highest BCUT2D eigenvalue weighted by molar-refractivity contribution is 7.92. The zero-order chi connectivity index (χ0) is 26.0. The second kappa shape index (κ2) is 10.1. The van der Waals surface area contributed by atoms with Gasteiger partial charge in [-0.2, -0.15) is 0 Å². The lowest BCUT2D eigenvalue weighted by Crippen LogP contribution is -2.52. The zero-order valence-corrected chi connectivity index (χ0v) is 20.9. The van der Waals surface area contributed by atoms with Crippen molar-refractivity contribution in [2.75, 3.05) is 42.1 Å². The van der Waals surface area contributed by atoms with E-state index in [0.29, 0.717) is 44.1 Å². The highest BCUT2D eigenvalue weighted by Crippen LogP contribution is 2.30. The van der Waals surface area contributed by atoms with Crippen LogP contribution in [0.15, 0.2) is 60.9 Å². The molecule has 0 bridgehead atoms. The predicted octanol–water partition coefficient (Wildman–Crippen LogP) is 3.17. The molecule has 1 saturated heterocycles. The number of sulfonamides is 1. The van der Waals surface area contributed by atoms with Crippen LogP contribution in [0.25, 0.3) is 22.3 Å². The lowest BCUT2D eigenvalue weighted by Gasteiger charge is -2.35. The standard InChI is InChI=1S/C25H26FN7O3S/c1-37(35,36)31-20-4-2-3-18(13-20)22-14-21-23(30-22)28-16-29-24(21)32-9-11-33(12-10-32)25(34)27-15-17-5-7-19(26)8-6-17/h2-8,13-14,16,31H,9-12,15H2,1H3,(H,27,34)(H,28,29,30). The monoisotopic (exact) mass is 523 g/mol. The van der Waals surface area contributed by atoms with Crippen LogP contribution in [0.2, 0.25) is 0 Å². The van der Waals surface area contributed by atoms with E-state index in [4.69, 9.17) is 0 Å². The first-order chi connectivity index (χ1) is 17.7. The number of nitrogens with one attached hydrogen (secondary N) is 3. The number of piperazine rings is 1. The SMILES string of the molecule is CS(=O)(=O)Nc1cccc(-c2cc3c(N4CCN(C(=O)NCc5ccc(F)cc5)CC4)ncnc3[nH]2)c1. The highest BCUT2D eigenvalue weighted by atomic mass is 32.2. The molecular formula is C25H26FN7O3S. The molecule has 0 spiro atoms. The number of fused-ring (bicyclic) bond motifs is 1. The molecule has 4 aromatic rings. The van der Waals surface area contributed by atoms with Gasteiger partial charge in [-0.3, -0.25) is 4.72 Å². The van der Waals surface area contributed by atoms with Gasteiger partial charge in [0.2, 0.25) is 10.0 Å². The molecule has 3 N–H and O–H groups in total. The summed E-state index contributed by atoms with van der Waals surface area (Å²) in [4.78, 5) is 28.7. The lowest BCUT2D eigenvalue weighted by atomic mass is 10.1. The second-order valence-corrected chi connectivity index (χ2v) is 10.6. The maximum atomic E-state index is 13.1. The van der Waals surface area contributed by atoms with Crippen molar-refractivity contribution in [2.45, 2.75) is 6.54 Å². The van der Waals surface area contributed by atoms with E-state index in [0.717, 1.165) is 34.3 Å². The number of aromatic nitrogens is 3. The largest absolute Gasteiger partial charge is 0.352 e. The molecule has 0 aliphatic carbocycles. The summed E-state index contributed by atoms with van der Waals surface area (Å²) in [5.74, 6) is 0.460. The number of urea groups is 1. The molecule has 10 nitrogen and oxygen atoms in total. The zero-order valence-electron chi connectivity index (χ0n) is 20.1. The van der Waals surface area contributed by atoms with Crippen LogP contribution in [0.5, 0.6) is 0 Å². The van der Waals surface area contributed by atoms with Gasteiger partial charge in [0.1, 0.15) is 23.6 Å². The van der Waals surface area contributed by atoms with Crippen molar-refractivity contribution in [3.05, 3.63) is 72.3 Å². The number of halogens is 1. The van der Waals surface area contributed by atoms with Crippen molar-refractivity contribution in [2.24, 2.45) is 0 Å². The van der Waals surface area contributed by atoms with Gasteiger partial charge in [-0.1, -0.05) is 24.3 Å². The number of carbonyl (C=O) groups excluding carboxylic acids is 1. The van der Waals surface area contributed by atoms with Crippen molar-refractivity contribution < 1.29 is 17.6 Å². The van der Waals surface area contributed by atoms with Crippen LogP contribution in [-0.4, -0.2) is 66.7 Å². The topological polar surface area (TPSA) is 123 Å². The number of hydrogen-bond acceptors (Lipinski definition) is 6. The second-order valence-electron chi connectivity index (χ2n) is 8.86. The van der Waals surface area contributed by atoms with Crippen molar-refractivity contribution in [1.82, 2.24) is 25.2 Å². The number of nitrogens with zero attached hydrogens (tertiary/aromatic N) is 4. The van der Waals surface area contributed by atoms with Crippen molar-refractivity contribution in [3.63, 3.8) is 0 Å². The maximum Gasteiger partial charge on any atom is 0.317 e. The summed E-state index contributed by atoms with van der Waals surface area (Å²) in [6, 6.07) is 14.9. The molecule has 2 aromatic heterocycles. The molecule has 2 amide bonds. The van der Waals surface area contributed by atoms with Gasteiger partial charge in [0.15, 0.2) is 0 Å². The molecule has 0 unspecified atom stereocenters. The van der Waals surface area contributed by atoms with E-state index in [2.05, 4.69) is 29.9 Å². The summed E-state index contributed by atoms with van der Waals surface area (Å²) in [7, 11) is -3.39. The molecule has 0 saturated carbocycles. The Morgan fingerprint density at radius 2 is 1.81 bits per heavy atom. The molecule has 2 aromatic carbocycles. The van der Waals surface area contributed by atoms with Crippen LogP contribution < -0.4 is 14.9 Å². The van der Waals surface area contributed by atoms with Crippen LogP contribution in [0, 0.1) is 5.82 Å². The minimum absolute atomic E-state index is 0.164. The number of rotatable bonds is 6. The Hall–Kier alpha value is -4.19. The molecule has 192 valence electrons. The number of H-pyrrole nitrogens is 1. The number of benzene rings is 2. The minimum atomic E-state index is -3.39. The van der Waals surface area contributed by atoms with E-state index >= 15 is 0 Å². The van der Waals surface area contributed by atoms with Crippen molar-refractivity contribution >= 4 is 38.6 Å². The Bertz CT molecular complexity index is 1530. The van der Waals surface area contributed by atoms with Crippen molar-refractivity contribution in [1.29, 1.82) is 0 Å². The van der Waals surface area contributed by atoms with Crippen LogP contribution in [-0.2, 0) is 16.6 Å². The van der Waals surface area contributed by atoms with Gasteiger partial charge in [-0.15, -0.1) is 0 Å². The summed E-state index contributed by atoms with van der Waals surface area (Å²) in [5, 5.41) is 3.73. The number of amides is 2. The Morgan fingerprint density at radius 1 is 1.05 bits per heavy atom. The van der Waals surface area contributed by atoms with E-state index in [-0.39, 0.29) is 11.8 Å². The van der Waals surface area contributed by atoms with Gasteiger partial charge < -0.3 is 20.1 Å². The van der Waals surface area contributed by atoms with Crippen LogP contribution in [0.3, 0.4) is 0 Å². The number of anilines is 2. The Balaban J connectivity index is 1.27. The van der Waals surface area contributed by atoms with Crippen LogP contribution in [0.4, 0.5) is 20.7 Å². The molecular weight excluding hydrogens is 497 g/mol. The van der Waals surface area contributed by atoms with E-state index in [9.17, 15) is 17.6 Å². The third-order valence-corrected chi connectivity index (χ3v) is 6.71. The molecule has 1 aliphatic heterocycles. The summed E-state index contributed by atoms with van der Waals surface area (Å²) < 4.78 is 38.8. The number of hydrogen-bond donors (Lipinski definition) is 3. The van der Waals surface area contributed by atoms with Crippen LogP contribution in [0.1, 0.15) is 5.56 Å². The summed E-state index contributed by atoms with van der Waals surface area (Å²) in [6.45, 7) is 2.59. The van der Waals surface area contributed by atoms with Gasteiger partial charge in [-0.05, 0) is 35.9 Å². The predicted molar refractivity (Wildman–Crippen MR) is 140 cm³/mol. The average Bonchev–Trinajstić information content (AvgIpc) is 3.32. The number of aromatic amines is 1. The minimum Gasteiger partial charge on any atom is -0.352 e. The smallest absolute Gasteiger partial charge is 0.317 e. The average molecular weight is 524 g/mol. The summed E-state index contributed by atoms with van der Waals surface area (Å²) >= 11 is 0. The molecule has 12 heteroatoms. The normalized spacial score (nSPS) is 14.1. The Labute approximate surface area is 213 Å². The quantitative estimate of drug-likeness (QED) is 0.357. The van der Waals surface area contributed by atoms with E-state index in [1.165, 1.54) is 18.5 Å². The summed E-state index contributed by atoms with van der Waals surface area (Å²) in [6.07, 6.45) is 2.61. The highest BCUT2D eigenvalue weighted by Gasteiger charge is 2.24. The third-order valence-electron chi connectivity index (χ3n) is 6.10. The maximum absolute atomic E-state index is 13.1. The van der Waals surface area contributed by atoms with E-state index in [1.807, 2.05) is 12.1 Å². The Morgan fingerprint density at radius 3 is 2.54 bits per heavy atom. The first-order valence-corrected chi connectivity index (χ1v) is 13.6. The fraction of sp³-hybridized carbons (Fsp3) is 0.240. The van der Waals surface area contributed by atoms with Gasteiger partial charge in [-0.25, -0.2) is 27.6 Å². The van der Waals surface area contributed by atoms with Gasteiger partial charge >= 0.3 is 6.03 Å². The van der Waals surface area contributed by atoms with E-state index in [1.54, 1.807) is 35.2 Å². The first-order valence-electron chi connectivity index (χ1n) is 11.7. The third kappa shape index (κ3) is 5.80. The van der Waals surface area contributed by atoms with Crippen LogP contribution >= 0.6 is 0 Å². The van der Waals surface area contributed by atoms with Gasteiger partial charge in [0, 0.05) is 49.7 Å². The fourth-order valence-electron chi connectivity index (χ4n) is 4.31. The molecule has 0 radical (unpaired) electrons. The molecule has 1 fully saturated rings. The molecule has 3 heterocycles. The summed E-state index contributed by atoms with van der Waals surface area (Å²) in [5.41, 5.74) is 3.56. The lowest BCUT2D eigenvalue weighted by molar-refractivity contribution is 0.194. The van der Waals surface area contributed by atoms with Gasteiger partial charge in [0.25, 0.3) is 0 Å². The van der Waals surface area contributed by atoms with Crippen molar-refractivity contribution in [3.8, 4) is 11.3 Å².